The molecular formula is C37H74N4O4. The van der Waals surface area contributed by atoms with Crippen LogP contribution >= 0.6 is 0 Å². The Morgan fingerprint density at radius 3 is 2.07 bits per heavy atom. The normalized spacial score (nSPS) is 34.4. The molecule has 0 spiro atoms. The summed E-state index contributed by atoms with van der Waals surface area (Å²) < 4.78 is 25.9. The number of rotatable bonds is 24. The third-order valence-electron chi connectivity index (χ3n) is 12.5. The van der Waals surface area contributed by atoms with E-state index in [1.54, 1.807) is 0 Å². The molecule has 0 bridgehead atoms. The van der Waals surface area contributed by atoms with Crippen molar-refractivity contribution in [1.29, 1.82) is 0 Å². The summed E-state index contributed by atoms with van der Waals surface area (Å²) in [5, 5.41) is 0. The Balaban J connectivity index is 1.85. The number of hydrogen-bond donors (Lipinski definition) is 4. The van der Waals surface area contributed by atoms with Gasteiger partial charge < -0.3 is 41.9 Å². The Morgan fingerprint density at radius 1 is 0.733 bits per heavy atom. The van der Waals surface area contributed by atoms with Crippen LogP contribution in [0.5, 0.6) is 0 Å². The van der Waals surface area contributed by atoms with Crippen LogP contribution in [-0.2, 0) is 18.9 Å². The second-order valence-electron chi connectivity index (χ2n) is 15.3. The summed E-state index contributed by atoms with van der Waals surface area (Å²) in [7, 11) is 0. The zero-order chi connectivity index (χ0) is 32.7. The van der Waals surface area contributed by atoms with Gasteiger partial charge in [-0.3, -0.25) is 0 Å². The van der Waals surface area contributed by atoms with E-state index in [4.69, 9.17) is 41.9 Å². The van der Waals surface area contributed by atoms with Crippen LogP contribution < -0.4 is 22.9 Å². The van der Waals surface area contributed by atoms with Gasteiger partial charge in [-0.2, -0.15) is 0 Å². The fourth-order valence-corrected chi connectivity index (χ4v) is 9.88. The van der Waals surface area contributed by atoms with Crippen molar-refractivity contribution < 1.29 is 18.9 Å². The van der Waals surface area contributed by atoms with Gasteiger partial charge >= 0.3 is 0 Å². The maximum absolute atomic E-state index is 6.97. The lowest BCUT2D eigenvalue weighted by Crippen LogP contribution is -2.60. The van der Waals surface area contributed by atoms with E-state index in [-0.39, 0.29) is 16.9 Å². The standard InChI is InChI=1S/C37H74N4O4/c1-5-29(43-24-8-19-39)14-16-36(3)17-15-33(44-25-9-20-40)35-31-13-12-30(28(2)11-6-22-42-23-7-18-38)37(31,4)34(27-32(35)36)45-26-10-21-41/h28-35H,5-27,38-41H2,1-4H3/t28-,29+,30-,31+,32+,33-,34+,35?,36+,37-/m1/s1. The van der Waals surface area contributed by atoms with Crippen molar-refractivity contribution in [2.45, 2.75) is 136 Å². The van der Waals surface area contributed by atoms with Gasteiger partial charge in [-0.1, -0.05) is 27.7 Å². The van der Waals surface area contributed by atoms with Crippen LogP contribution in [0.3, 0.4) is 0 Å². The van der Waals surface area contributed by atoms with Gasteiger partial charge in [0.05, 0.1) is 18.3 Å². The van der Waals surface area contributed by atoms with Crippen LogP contribution in [0.25, 0.3) is 0 Å². The van der Waals surface area contributed by atoms with E-state index in [1.165, 1.54) is 32.1 Å². The Morgan fingerprint density at radius 2 is 1.38 bits per heavy atom. The molecule has 0 aromatic heterocycles. The van der Waals surface area contributed by atoms with Crippen LogP contribution in [0.15, 0.2) is 0 Å². The zero-order valence-electron chi connectivity index (χ0n) is 29.8. The molecule has 3 aliphatic rings. The summed E-state index contributed by atoms with van der Waals surface area (Å²) in [6, 6.07) is 0. The molecule has 266 valence electrons. The molecule has 3 fully saturated rings. The molecule has 0 aromatic rings. The number of hydrogen-bond acceptors (Lipinski definition) is 8. The van der Waals surface area contributed by atoms with E-state index in [0.717, 1.165) is 90.8 Å². The highest BCUT2D eigenvalue weighted by atomic mass is 16.5. The topological polar surface area (TPSA) is 141 Å². The molecule has 0 amide bonds. The lowest BCUT2D eigenvalue weighted by atomic mass is 9.46. The monoisotopic (exact) mass is 639 g/mol. The molecular weight excluding hydrogens is 564 g/mol. The minimum atomic E-state index is 0.139. The van der Waals surface area contributed by atoms with Gasteiger partial charge in [-0.15, -0.1) is 0 Å². The van der Waals surface area contributed by atoms with Crippen molar-refractivity contribution >= 4 is 0 Å². The summed E-state index contributed by atoms with van der Waals surface area (Å²) in [6.45, 7) is 16.6. The van der Waals surface area contributed by atoms with Crippen molar-refractivity contribution in [3.63, 3.8) is 0 Å². The second-order valence-corrected chi connectivity index (χ2v) is 15.3. The molecule has 1 unspecified atom stereocenters. The first-order valence-electron chi connectivity index (χ1n) is 19.0. The predicted octanol–water partition coefficient (Wildman–Crippen LogP) is 5.63. The number of ether oxygens (including phenoxy) is 4. The molecule has 3 aliphatic carbocycles. The van der Waals surface area contributed by atoms with Crippen molar-refractivity contribution in [1.82, 2.24) is 0 Å². The lowest BCUT2D eigenvalue weighted by molar-refractivity contribution is -0.204. The highest BCUT2D eigenvalue weighted by Gasteiger charge is 2.64. The van der Waals surface area contributed by atoms with Crippen LogP contribution in [0, 0.1) is 40.4 Å². The first-order valence-corrected chi connectivity index (χ1v) is 19.0. The van der Waals surface area contributed by atoms with Crippen molar-refractivity contribution in [3.05, 3.63) is 0 Å². The summed E-state index contributed by atoms with van der Waals surface area (Å²) in [5.74, 6) is 3.04. The highest BCUT2D eigenvalue weighted by molar-refractivity contribution is 5.13. The number of fused-ring (bicyclic) bond motifs is 3. The Bertz CT molecular complexity index is 792. The quantitative estimate of drug-likeness (QED) is 0.0998. The van der Waals surface area contributed by atoms with Gasteiger partial charge in [0.1, 0.15) is 0 Å². The van der Waals surface area contributed by atoms with Crippen molar-refractivity contribution in [2.24, 2.45) is 63.4 Å². The fourth-order valence-electron chi connectivity index (χ4n) is 9.88. The third kappa shape index (κ3) is 10.3. The van der Waals surface area contributed by atoms with Crippen molar-refractivity contribution in [2.75, 3.05) is 59.2 Å². The average molecular weight is 639 g/mol. The lowest BCUT2D eigenvalue weighted by Gasteiger charge is -2.61. The average Bonchev–Trinajstić information content (AvgIpc) is 3.40. The highest BCUT2D eigenvalue weighted by Crippen LogP contribution is 2.67. The maximum atomic E-state index is 6.97. The molecule has 45 heavy (non-hydrogen) atoms. The zero-order valence-corrected chi connectivity index (χ0v) is 29.8. The first-order chi connectivity index (χ1) is 21.8. The predicted molar refractivity (Wildman–Crippen MR) is 186 cm³/mol. The first kappa shape index (κ1) is 39.1. The maximum Gasteiger partial charge on any atom is 0.0637 e. The van der Waals surface area contributed by atoms with E-state index >= 15 is 0 Å². The summed E-state index contributed by atoms with van der Waals surface area (Å²) in [6.07, 6.45) is 16.4. The summed E-state index contributed by atoms with van der Waals surface area (Å²) in [4.78, 5) is 0. The molecule has 8 N–H and O–H groups in total. The van der Waals surface area contributed by atoms with Gasteiger partial charge in [0.2, 0.25) is 0 Å². The molecule has 0 aromatic carbocycles. The molecule has 0 aliphatic heterocycles. The molecule has 0 heterocycles. The van der Waals surface area contributed by atoms with Gasteiger partial charge in [-0.05, 0) is 151 Å². The van der Waals surface area contributed by atoms with Gasteiger partial charge in [0.25, 0.3) is 0 Å². The van der Waals surface area contributed by atoms with Gasteiger partial charge in [0.15, 0.2) is 0 Å². The van der Waals surface area contributed by atoms with Crippen LogP contribution in [0.1, 0.15) is 118 Å². The molecule has 0 radical (unpaired) electrons. The molecule has 3 saturated carbocycles. The molecule has 3 rings (SSSR count). The summed E-state index contributed by atoms with van der Waals surface area (Å²) >= 11 is 0. The SMILES string of the molecule is CC[C@@H](CC[C@@]1(C)CC[C@@H](OCCCN)C2[C@@H]1C[C@H](OCCCN)[C@]1(C)[C@@H]([C@H](C)CCCOCCCN)CC[C@@H]21)OCCCN. The third-order valence-corrected chi connectivity index (χ3v) is 12.5. The Kier molecular flexibility index (Phi) is 17.6. The second kappa shape index (κ2) is 20.3. The molecule has 8 nitrogen and oxygen atoms in total. The fraction of sp³-hybridized carbons (Fsp3) is 1.00. The van der Waals surface area contributed by atoms with Crippen molar-refractivity contribution in [3.8, 4) is 0 Å². The van der Waals surface area contributed by atoms with Gasteiger partial charge in [0, 0.05) is 38.4 Å². The van der Waals surface area contributed by atoms with Crippen LogP contribution in [0.4, 0.5) is 0 Å². The van der Waals surface area contributed by atoms with E-state index < -0.39 is 0 Å². The Labute approximate surface area is 277 Å². The molecule has 10 atom stereocenters. The molecule has 0 saturated heterocycles. The minimum Gasteiger partial charge on any atom is -0.381 e. The van der Waals surface area contributed by atoms with E-state index in [0.29, 0.717) is 68.0 Å². The van der Waals surface area contributed by atoms with E-state index in [9.17, 15) is 0 Å². The smallest absolute Gasteiger partial charge is 0.0637 e. The number of nitrogens with two attached hydrogens (primary N) is 4. The minimum absolute atomic E-state index is 0.139. The van der Waals surface area contributed by atoms with Crippen LogP contribution in [0.2, 0.25) is 0 Å². The molecule has 8 heteroatoms. The Hall–Kier alpha value is -0.320. The van der Waals surface area contributed by atoms with Crippen LogP contribution in [-0.4, -0.2) is 77.5 Å². The van der Waals surface area contributed by atoms with E-state index in [1.807, 2.05) is 0 Å². The van der Waals surface area contributed by atoms with Gasteiger partial charge in [-0.25, -0.2) is 0 Å². The largest absolute Gasteiger partial charge is 0.381 e. The van der Waals surface area contributed by atoms with E-state index in [2.05, 4.69) is 27.7 Å². The summed E-state index contributed by atoms with van der Waals surface area (Å²) in [5.41, 5.74) is 23.7.